The van der Waals surface area contributed by atoms with Gasteiger partial charge in [0.05, 0.1) is 31.7 Å². The predicted octanol–water partition coefficient (Wildman–Crippen LogP) is 4.66. The molecule has 0 spiro atoms. The molecule has 156 valence electrons. The molecular formula is C20H13ClN4O6. The molecule has 0 aliphatic carbocycles. The van der Waals surface area contributed by atoms with Gasteiger partial charge in [-0.1, -0.05) is 29.8 Å². The van der Waals surface area contributed by atoms with Crippen LogP contribution in [0.4, 0.5) is 22.7 Å². The number of nitrogens with zero attached hydrogens (tertiary/aromatic N) is 2. The average Bonchev–Trinajstić information content (AvgIpc) is 2.74. The Hall–Kier alpha value is -4.31. The molecule has 2 amide bonds. The number of carbonyl (C=O) groups excluding carboxylic acids is 2. The number of amides is 2. The molecule has 31 heavy (non-hydrogen) atoms. The molecule has 11 heteroatoms. The maximum absolute atomic E-state index is 12.7. The van der Waals surface area contributed by atoms with Crippen LogP contribution in [0.25, 0.3) is 0 Å². The molecule has 0 aliphatic heterocycles. The fraction of sp³-hybridized carbons (Fsp3) is 0. The van der Waals surface area contributed by atoms with Crippen molar-refractivity contribution >= 4 is 46.2 Å². The molecule has 0 unspecified atom stereocenters. The minimum absolute atomic E-state index is 0.0128. The van der Waals surface area contributed by atoms with Crippen molar-refractivity contribution in [3.05, 3.63) is 103 Å². The number of carbonyl (C=O) groups is 2. The van der Waals surface area contributed by atoms with E-state index in [9.17, 15) is 29.8 Å². The summed E-state index contributed by atoms with van der Waals surface area (Å²) in [6.07, 6.45) is 0. The van der Waals surface area contributed by atoms with Gasteiger partial charge in [-0.15, -0.1) is 0 Å². The molecule has 0 aliphatic rings. The highest BCUT2D eigenvalue weighted by Crippen LogP contribution is 2.25. The van der Waals surface area contributed by atoms with E-state index >= 15 is 0 Å². The summed E-state index contributed by atoms with van der Waals surface area (Å²) in [5.41, 5.74) is -0.00405. The van der Waals surface area contributed by atoms with Crippen LogP contribution in [-0.2, 0) is 0 Å². The normalized spacial score (nSPS) is 10.2. The number of halogens is 1. The number of benzene rings is 3. The van der Waals surface area contributed by atoms with Gasteiger partial charge in [-0.05, 0) is 24.3 Å². The molecule has 3 rings (SSSR count). The summed E-state index contributed by atoms with van der Waals surface area (Å²) in [6.45, 7) is 0. The number of para-hydroxylation sites is 1. The largest absolute Gasteiger partial charge is 0.322 e. The van der Waals surface area contributed by atoms with Gasteiger partial charge in [0.25, 0.3) is 23.2 Å². The fourth-order valence-electron chi connectivity index (χ4n) is 2.68. The van der Waals surface area contributed by atoms with E-state index in [4.69, 9.17) is 11.6 Å². The van der Waals surface area contributed by atoms with Crippen LogP contribution in [0.3, 0.4) is 0 Å². The lowest BCUT2D eigenvalue weighted by molar-refractivity contribution is -0.385. The van der Waals surface area contributed by atoms with E-state index in [1.807, 2.05) is 0 Å². The molecule has 0 radical (unpaired) electrons. The number of rotatable bonds is 6. The number of nitro groups is 2. The van der Waals surface area contributed by atoms with Gasteiger partial charge in [0.1, 0.15) is 0 Å². The maximum Gasteiger partial charge on any atom is 0.271 e. The molecule has 3 aromatic rings. The summed E-state index contributed by atoms with van der Waals surface area (Å²) in [5.74, 6) is -1.28. The van der Waals surface area contributed by atoms with Crippen LogP contribution in [0.2, 0.25) is 5.02 Å². The fourth-order valence-corrected chi connectivity index (χ4v) is 2.94. The topological polar surface area (TPSA) is 144 Å². The van der Waals surface area contributed by atoms with E-state index in [-0.39, 0.29) is 38.9 Å². The highest BCUT2D eigenvalue weighted by Gasteiger charge is 2.18. The number of anilines is 2. The van der Waals surface area contributed by atoms with Crippen LogP contribution in [-0.4, -0.2) is 21.7 Å². The zero-order chi connectivity index (χ0) is 22.5. The minimum atomic E-state index is -0.671. The molecule has 0 atom stereocenters. The monoisotopic (exact) mass is 440 g/mol. The van der Waals surface area contributed by atoms with E-state index in [1.165, 1.54) is 42.5 Å². The Morgan fingerprint density at radius 1 is 0.742 bits per heavy atom. The second kappa shape index (κ2) is 9.01. The number of hydrogen-bond acceptors (Lipinski definition) is 6. The van der Waals surface area contributed by atoms with Crippen molar-refractivity contribution in [2.45, 2.75) is 0 Å². The van der Waals surface area contributed by atoms with Gasteiger partial charge in [0.2, 0.25) is 0 Å². The summed E-state index contributed by atoms with van der Waals surface area (Å²) in [6, 6.07) is 14.9. The van der Waals surface area contributed by atoms with Crippen LogP contribution < -0.4 is 10.6 Å². The third-order valence-corrected chi connectivity index (χ3v) is 4.46. The van der Waals surface area contributed by atoms with E-state index in [0.717, 1.165) is 12.1 Å². The lowest BCUT2D eigenvalue weighted by Crippen LogP contribution is -2.18. The van der Waals surface area contributed by atoms with Crippen molar-refractivity contribution in [1.82, 2.24) is 0 Å². The highest BCUT2D eigenvalue weighted by molar-refractivity contribution is 6.34. The molecule has 0 heterocycles. The van der Waals surface area contributed by atoms with Crippen LogP contribution in [0.15, 0.2) is 66.7 Å². The first-order chi connectivity index (χ1) is 14.8. The van der Waals surface area contributed by atoms with Crippen molar-refractivity contribution in [3.8, 4) is 0 Å². The number of non-ortho nitro benzene ring substituents is 2. The molecule has 0 aromatic heterocycles. The first-order valence-corrected chi connectivity index (χ1v) is 9.04. The summed E-state index contributed by atoms with van der Waals surface area (Å²) < 4.78 is 0. The SMILES string of the molecule is O=C(Nc1ccccc1C(=O)Nc1cccc([N+](=O)[O-])c1)c1ccc([N+](=O)[O-])cc1Cl. The molecule has 0 saturated carbocycles. The van der Waals surface area contributed by atoms with Gasteiger partial charge in [-0.2, -0.15) is 0 Å². The smallest absolute Gasteiger partial charge is 0.271 e. The van der Waals surface area contributed by atoms with Crippen molar-refractivity contribution in [1.29, 1.82) is 0 Å². The zero-order valence-electron chi connectivity index (χ0n) is 15.6. The second-order valence-electron chi connectivity index (χ2n) is 6.18. The van der Waals surface area contributed by atoms with Crippen LogP contribution >= 0.6 is 11.6 Å². The molecule has 3 aromatic carbocycles. The maximum atomic E-state index is 12.7. The summed E-state index contributed by atoms with van der Waals surface area (Å²) in [5, 5.41) is 26.7. The van der Waals surface area contributed by atoms with Crippen molar-refractivity contribution in [3.63, 3.8) is 0 Å². The van der Waals surface area contributed by atoms with E-state index in [1.54, 1.807) is 12.1 Å². The van der Waals surface area contributed by atoms with Crippen molar-refractivity contribution in [2.24, 2.45) is 0 Å². The molecular weight excluding hydrogens is 428 g/mol. The Morgan fingerprint density at radius 2 is 1.39 bits per heavy atom. The number of hydrogen-bond donors (Lipinski definition) is 2. The van der Waals surface area contributed by atoms with E-state index < -0.39 is 21.7 Å². The standard InChI is InChI=1S/C20H13ClN4O6/c21-17-11-14(25(30)31)8-9-15(17)19(26)23-18-7-2-1-6-16(18)20(27)22-12-4-3-5-13(10-12)24(28)29/h1-11H,(H,22,27)(H,23,26). The van der Waals surface area contributed by atoms with Crippen LogP contribution in [0, 0.1) is 20.2 Å². The Balaban J connectivity index is 1.82. The Bertz CT molecular complexity index is 1210. The van der Waals surface area contributed by atoms with Gasteiger partial charge < -0.3 is 10.6 Å². The first-order valence-electron chi connectivity index (χ1n) is 8.66. The zero-order valence-corrected chi connectivity index (χ0v) is 16.3. The first kappa shape index (κ1) is 21.4. The quantitative estimate of drug-likeness (QED) is 0.421. The molecule has 2 N–H and O–H groups in total. The van der Waals surface area contributed by atoms with Gasteiger partial charge in [-0.3, -0.25) is 29.8 Å². The number of nitrogens with one attached hydrogen (secondary N) is 2. The number of nitro benzene ring substituents is 2. The lowest BCUT2D eigenvalue weighted by atomic mass is 10.1. The Labute approximate surface area is 179 Å². The molecule has 0 saturated heterocycles. The highest BCUT2D eigenvalue weighted by atomic mass is 35.5. The second-order valence-corrected chi connectivity index (χ2v) is 6.59. The van der Waals surface area contributed by atoms with Crippen LogP contribution in [0.1, 0.15) is 20.7 Å². The van der Waals surface area contributed by atoms with E-state index in [0.29, 0.717) is 0 Å². The van der Waals surface area contributed by atoms with Gasteiger partial charge in [0, 0.05) is 30.0 Å². The summed E-state index contributed by atoms with van der Waals surface area (Å²) >= 11 is 5.98. The summed E-state index contributed by atoms with van der Waals surface area (Å²) in [7, 11) is 0. The average molecular weight is 441 g/mol. The molecule has 0 fully saturated rings. The van der Waals surface area contributed by atoms with Crippen molar-refractivity contribution in [2.75, 3.05) is 10.6 Å². The van der Waals surface area contributed by atoms with Crippen molar-refractivity contribution < 1.29 is 19.4 Å². The minimum Gasteiger partial charge on any atom is -0.322 e. The van der Waals surface area contributed by atoms with Gasteiger partial charge in [-0.25, -0.2) is 0 Å². The van der Waals surface area contributed by atoms with Gasteiger partial charge >= 0.3 is 0 Å². The third-order valence-electron chi connectivity index (χ3n) is 4.14. The molecule has 0 bridgehead atoms. The predicted molar refractivity (Wildman–Crippen MR) is 114 cm³/mol. The molecule has 10 nitrogen and oxygen atoms in total. The third kappa shape index (κ3) is 5.00. The lowest BCUT2D eigenvalue weighted by Gasteiger charge is -2.12. The Kier molecular flexibility index (Phi) is 6.22. The van der Waals surface area contributed by atoms with E-state index in [2.05, 4.69) is 10.6 Å². The van der Waals surface area contributed by atoms with Gasteiger partial charge in [0.15, 0.2) is 0 Å². The summed E-state index contributed by atoms with van der Waals surface area (Å²) in [4.78, 5) is 45.8. The Morgan fingerprint density at radius 3 is 2.06 bits per heavy atom. The van der Waals surface area contributed by atoms with Crippen LogP contribution in [0.5, 0.6) is 0 Å².